The van der Waals surface area contributed by atoms with Crippen molar-refractivity contribution in [1.82, 2.24) is 5.32 Å². The van der Waals surface area contributed by atoms with Gasteiger partial charge in [-0.15, -0.1) is 0 Å². The quantitative estimate of drug-likeness (QED) is 0.768. The molecule has 5 heteroatoms. The van der Waals surface area contributed by atoms with E-state index in [2.05, 4.69) is 10.6 Å². The van der Waals surface area contributed by atoms with Gasteiger partial charge in [-0.1, -0.05) is 23.2 Å². The molecule has 0 saturated carbocycles. The van der Waals surface area contributed by atoms with Crippen molar-refractivity contribution >= 4 is 34.9 Å². The lowest BCUT2D eigenvalue weighted by molar-refractivity contribution is 0.254. The normalized spacial score (nSPS) is 9.71. The summed E-state index contributed by atoms with van der Waals surface area (Å²) >= 11 is 11.6. The molecule has 2 N–H and O–H groups in total. The van der Waals surface area contributed by atoms with Crippen molar-refractivity contribution in [3.8, 4) is 0 Å². The fourth-order valence-electron chi connectivity index (χ4n) is 0.966. The number of carbonyl (C=O) groups is 1. The van der Waals surface area contributed by atoms with Crippen LogP contribution in [0.25, 0.3) is 0 Å². The molecule has 0 saturated heterocycles. The van der Waals surface area contributed by atoms with E-state index in [9.17, 15) is 4.79 Å². The lowest BCUT2D eigenvalue weighted by Gasteiger charge is -2.08. The molecular weight excluding hydrogens is 223 g/mol. The van der Waals surface area contributed by atoms with Crippen molar-refractivity contribution in [2.75, 3.05) is 12.4 Å². The zero-order valence-corrected chi connectivity index (χ0v) is 9.33. The maximum absolute atomic E-state index is 11.0. The summed E-state index contributed by atoms with van der Waals surface area (Å²) in [4.78, 5) is 11.0. The van der Waals surface area contributed by atoms with Crippen LogP contribution >= 0.6 is 23.2 Å². The molecule has 1 aromatic carbocycles. The molecule has 0 unspecified atom stereocenters. The van der Waals surface area contributed by atoms with Gasteiger partial charge in [0.2, 0.25) is 0 Å². The number of benzene rings is 1. The third-order valence-corrected chi connectivity index (χ3v) is 2.46. The minimum absolute atomic E-state index is 0.286. The van der Waals surface area contributed by atoms with Crippen LogP contribution in [0.2, 0.25) is 10.0 Å². The Balaban J connectivity index is 2.98. The number of amides is 2. The summed E-state index contributed by atoms with van der Waals surface area (Å²) < 4.78 is 0. The Bertz CT molecular complexity index is 366. The number of urea groups is 1. The minimum atomic E-state index is -0.286. The molecule has 0 bridgehead atoms. The number of nitrogens with one attached hydrogen (secondary N) is 2. The molecule has 0 aliphatic carbocycles. The van der Waals surface area contributed by atoms with Crippen LogP contribution in [0.15, 0.2) is 12.1 Å². The Morgan fingerprint density at radius 1 is 1.29 bits per heavy atom. The Morgan fingerprint density at radius 3 is 2.43 bits per heavy atom. The van der Waals surface area contributed by atoms with Crippen molar-refractivity contribution < 1.29 is 4.79 Å². The number of aryl methyl sites for hydroxylation is 1. The zero-order valence-electron chi connectivity index (χ0n) is 7.82. The molecule has 0 radical (unpaired) electrons. The van der Waals surface area contributed by atoms with Crippen molar-refractivity contribution in [1.29, 1.82) is 0 Å². The van der Waals surface area contributed by atoms with E-state index in [1.165, 1.54) is 0 Å². The summed E-state index contributed by atoms with van der Waals surface area (Å²) in [6.45, 7) is 1.84. The molecule has 14 heavy (non-hydrogen) atoms. The largest absolute Gasteiger partial charge is 0.341 e. The summed E-state index contributed by atoms with van der Waals surface area (Å²) in [7, 11) is 1.54. The van der Waals surface area contributed by atoms with E-state index in [0.29, 0.717) is 15.7 Å². The molecule has 0 aliphatic heterocycles. The van der Waals surface area contributed by atoms with Crippen LogP contribution < -0.4 is 10.6 Å². The summed E-state index contributed by atoms with van der Waals surface area (Å²) in [5.41, 5.74) is 1.52. The molecule has 2 amide bonds. The van der Waals surface area contributed by atoms with E-state index >= 15 is 0 Å². The third kappa shape index (κ3) is 2.53. The van der Waals surface area contributed by atoms with Crippen LogP contribution in [0.3, 0.4) is 0 Å². The first kappa shape index (κ1) is 11.1. The van der Waals surface area contributed by atoms with Crippen LogP contribution in [0, 0.1) is 6.92 Å². The van der Waals surface area contributed by atoms with Crippen molar-refractivity contribution in [2.45, 2.75) is 6.92 Å². The van der Waals surface area contributed by atoms with E-state index in [1.807, 2.05) is 6.92 Å². The van der Waals surface area contributed by atoms with Crippen LogP contribution in [0.1, 0.15) is 5.56 Å². The molecular formula is C9H10Cl2N2O. The molecule has 3 nitrogen and oxygen atoms in total. The van der Waals surface area contributed by atoms with Gasteiger partial charge in [-0.3, -0.25) is 0 Å². The number of halogens is 2. The molecule has 0 aliphatic rings. The smallest absolute Gasteiger partial charge is 0.318 e. The van der Waals surface area contributed by atoms with E-state index in [1.54, 1.807) is 19.2 Å². The number of hydrogen-bond donors (Lipinski definition) is 2. The third-order valence-electron chi connectivity index (χ3n) is 1.74. The van der Waals surface area contributed by atoms with Gasteiger partial charge in [-0.2, -0.15) is 0 Å². The predicted octanol–water partition coefficient (Wildman–Crippen LogP) is 3.05. The van der Waals surface area contributed by atoms with Gasteiger partial charge in [-0.05, 0) is 24.6 Å². The summed E-state index contributed by atoms with van der Waals surface area (Å²) in [6.07, 6.45) is 0. The molecule has 1 aromatic rings. The molecule has 0 aromatic heterocycles. The van der Waals surface area contributed by atoms with E-state index < -0.39 is 0 Å². The molecule has 1 rings (SSSR count). The molecule has 0 fully saturated rings. The standard InChI is InChI=1S/C9H10Cl2N2O/c1-5-3-6(10)7(11)4-8(5)13-9(14)12-2/h3-4H,1-2H3,(H2,12,13,14). The lowest BCUT2D eigenvalue weighted by Crippen LogP contribution is -2.24. The Kier molecular flexibility index (Phi) is 3.61. The second-order valence-corrected chi connectivity index (χ2v) is 3.60. The Hall–Kier alpha value is -0.930. The molecule has 0 spiro atoms. The number of carbonyl (C=O) groups excluding carboxylic acids is 1. The first-order valence-electron chi connectivity index (χ1n) is 3.99. The molecule has 0 heterocycles. The lowest BCUT2D eigenvalue weighted by atomic mass is 10.2. The first-order valence-corrected chi connectivity index (χ1v) is 4.74. The van der Waals surface area contributed by atoms with E-state index in [0.717, 1.165) is 5.56 Å². The van der Waals surface area contributed by atoms with Gasteiger partial charge in [0.05, 0.1) is 10.0 Å². The summed E-state index contributed by atoms with van der Waals surface area (Å²) in [5, 5.41) is 5.98. The minimum Gasteiger partial charge on any atom is -0.341 e. The predicted molar refractivity (Wildman–Crippen MR) is 59.3 cm³/mol. The van der Waals surface area contributed by atoms with Crippen molar-refractivity contribution in [3.63, 3.8) is 0 Å². The van der Waals surface area contributed by atoms with Crippen LogP contribution in [0.4, 0.5) is 10.5 Å². The van der Waals surface area contributed by atoms with Gasteiger partial charge in [0.1, 0.15) is 0 Å². The van der Waals surface area contributed by atoms with E-state index in [4.69, 9.17) is 23.2 Å². The monoisotopic (exact) mass is 232 g/mol. The van der Waals surface area contributed by atoms with Crippen LogP contribution in [-0.2, 0) is 0 Å². The zero-order chi connectivity index (χ0) is 10.7. The fraction of sp³-hybridized carbons (Fsp3) is 0.222. The first-order chi connectivity index (χ1) is 6.54. The highest BCUT2D eigenvalue weighted by Crippen LogP contribution is 2.28. The Labute approximate surface area is 92.4 Å². The highest BCUT2D eigenvalue weighted by molar-refractivity contribution is 6.42. The van der Waals surface area contributed by atoms with Crippen molar-refractivity contribution in [2.24, 2.45) is 0 Å². The second-order valence-electron chi connectivity index (χ2n) is 2.79. The van der Waals surface area contributed by atoms with Crippen molar-refractivity contribution in [3.05, 3.63) is 27.7 Å². The van der Waals surface area contributed by atoms with Gasteiger partial charge in [0, 0.05) is 12.7 Å². The number of hydrogen-bond acceptors (Lipinski definition) is 1. The van der Waals surface area contributed by atoms with Gasteiger partial charge >= 0.3 is 6.03 Å². The summed E-state index contributed by atoms with van der Waals surface area (Å²) in [5.74, 6) is 0. The number of rotatable bonds is 1. The molecule has 0 atom stereocenters. The van der Waals surface area contributed by atoms with Crippen LogP contribution in [-0.4, -0.2) is 13.1 Å². The van der Waals surface area contributed by atoms with Gasteiger partial charge in [0.15, 0.2) is 0 Å². The second kappa shape index (κ2) is 4.53. The molecule has 76 valence electrons. The Morgan fingerprint density at radius 2 is 1.86 bits per heavy atom. The average molecular weight is 233 g/mol. The van der Waals surface area contributed by atoms with E-state index in [-0.39, 0.29) is 6.03 Å². The topological polar surface area (TPSA) is 41.1 Å². The van der Waals surface area contributed by atoms with Crippen LogP contribution in [0.5, 0.6) is 0 Å². The van der Waals surface area contributed by atoms with Gasteiger partial charge in [-0.25, -0.2) is 4.79 Å². The maximum atomic E-state index is 11.0. The SMILES string of the molecule is CNC(=O)Nc1cc(Cl)c(Cl)cc1C. The maximum Gasteiger partial charge on any atom is 0.318 e. The van der Waals surface area contributed by atoms with Gasteiger partial charge < -0.3 is 10.6 Å². The van der Waals surface area contributed by atoms with Gasteiger partial charge in [0.25, 0.3) is 0 Å². The number of anilines is 1. The summed E-state index contributed by atoms with van der Waals surface area (Å²) in [6, 6.07) is 3.04. The average Bonchev–Trinajstić information content (AvgIpc) is 2.14. The highest BCUT2D eigenvalue weighted by Gasteiger charge is 2.06. The highest BCUT2D eigenvalue weighted by atomic mass is 35.5. The fourth-order valence-corrected chi connectivity index (χ4v) is 1.35.